The zero-order valence-corrected chi connectivity index (χ0v) is 26.4. The number of thiocarbonyl (C=S) groups is 1. The standard InChI is InChI=1S/C31H44N4O4S2/c1-4-16-34-28(33-18-14-22(2)15-19-33)24(23(3)25(21-32)29(34)38)20-26-30(39)35(31(40)41-26)17-12-10-8-6-5-7-9-11-13-27(36)37/h20,22H,4-19H2,1-3H3,(H,36,37). The third-order valence-electron chi connectivity index (χ3n) is 8.05. The van der Waals surface area contributed by atoms with Crippen LogP contribution in [-0.4, -0.2) is 50.4 Å². The molecule has 2 saturated heterocycles. The van der Waals surface area contributed by atoms with E-state index >= 15 is 0 Å². The summed E-state index contributed by atoms with van der Waals surface area (Å²) in [4.78, 5) is 41.9. The molecule has 0 aromatic carbocycles. The Balaban J connectivity index is 1.72. The second-order valence-electron chi connectivity index (χ2n) is 11.3. The van der Waals surface area contributed by atoms with Gasteiger partial charge in [0.1, 0.15) is 21.8 Å². The summed E-state index contributed by atoms with van der Waals surface area (Å²) in [5.41, 5.74) is 1.27. The van der Waals surface area contributed by atoms with Crippen molar-refractivity contribution in [3.63, 3.8) is 0 Å². The fraction of sp³-hybridized carbons (Fsp3) is 0.645. The molecular formula is C31H44N4O4S2. The van der Waals surface area contributed by atoms with Crippen LogP contribution in [0, 0.1) is 24.2 Å². The van der Waals surface area contributed by atoms with Gasteiger partial charge in [-0.3, -0.25) is 23.9 Å². The van der Waals surface area contributed by atoms with E-state index in [4.69, 9.17) is 17.3 Å². The third-order valence-corrected chi connectivity index (χ3v) is 9.43. The number of nitriles is 1. The van der Waals surface area contributed by atoms with E-state index in [1.807, 2.05) is 19.9 Å². The molecule has 41 heavy (non-hydrogen) atoms. The second kappa shape index (κ2) is 16.1. The van der Waals surface area contributed by atoms with Crippen LogP contribution in [0.15, 0.2) is 9.70 Å². The molecule has 1 aromatic heterocycles. The lowest BCUT2D eigenvalue weighted by Gasteiger charge is -2.35. The molecule has 2 fully saturated rings. The Bertz CT molecular complexity index is 1240. The second-order valence-corrected chi connectivity index (χ2v) is 13.0. The molecule has 0 radical (unpaired) electrons. The maximum absolute atomic E-state index is 13.5. The van der Waals surface area contributed by atoms with Gasteiger partial charge in [0.15, 0.2) is 0 Å². The monoisotopic (exact) mass is 600 g/mol. The Morgan fingerprint density at radius 1 is 1.07 bits per heavy atom. The van der Waals surface area contributed by atoms with Crippen LogP contribution in [0.25, 0.3) is 6.08 Å². The Kier molecular flexibility index (Phi) is 12.9. The number of hydrogen-bond acceptors (Lipinski definition) is 7. The molecule has 0 saturated carbocycles. The molecule has 8 nitrogen and oxygen atoms in total. The van der Waals surface area contributed by atoms with E-state index in [9.17, 15) is 19.6 Å². The summed E-state index contributed by atoms with van der Waals surface area (Å²) >= 11 is 6.90. The normalized spacial score (nSPS) is 17.1. The van der Waals surface area contributed by atoms with Gasteiger partial charge in [-0.2, -0.15) is 5.26 Å². The number of aliphatic carboxylic acids is 1. The number of anilines is 1. The van der Waals surface area contributed by atoms with Crippen molar-refractivity contribution in [2.45, 2.75) is 104 Å². The lowest BCUT2D eigenvalue weighted by Crippen LogP contribution is -2.39. The highest BCUT2D eigenvalue weighted by molar-refractivity contribution is 8.26. The first-order valence-corrected chi connectivity index (χ1v) is 16.3. The molecule has 0 aliphatic carbocycles. The summed E-state index contributed by atoms with van der Waals surface area (Å²) in [6.07, 6.45) is 12.9. The molecule has 1 amide bonds. The number of carbonyl (C=O) groups is 2. The predicted octanol–water partition coefficient (Wildman–Crippen LogP) is 6.47. The highest BCUT2D eigenvalue weighted by Gasteiger charge is 2.33. The topological polar surface area (TPSA) is 107 Å². The molecule has 0 spiro atoms. The average molecular weight is 601 g/mol. The van der Waals surface area contributed by atoms with Gasteiger partial charge in [0, 0.05) is 38.2 Å². The van der Waals surface area contributed by atoms with Crippen LogP contribution in [-0.2, 0) is 16.1 Å². The van der Waals surface area contributed by atoms with Gasteiger partial charge in [-0.15, -0.1) is 0 Å². The van der Waals surface area contributed by atoms with Crippen molar-refractivity contribution in [3.8, 4) is 6.07 Å². The number of hydrogen-bond donors (Lipinski definition) is 1. The van der Waals surface area contributed by atoms with E-state index in [1.165, 1.54) is 11.8 Å². The summed E-state index contributed by atoms with van der Waals surface area (Å²) in [5.74, 6) is 0.604. The maximum atomic E-state index is 13.5. The van der Waals surface area contributed by atoms with Crippen LogP contribution in [0.5, 0.6) is 0 Å². The number of nitrogens with zero attached hydrogens (tertiary/aromatic N) is 4. The van der Waals surface area contributed by atoms with Crippen LogP contribution in [0.4, 0.5) is 5.82 Å². The molecular weight excluding hydrogens is 556 g/mol. The summed E-state index contributed by atoms with van der Waals surface area (Å²) in [6, 6.07) is 2.12. The van der Waals surface area contributed by atoms with E-state index in [1.54, 1.807) is 9.47 Å². The minimum atomic E-state index is -0.727. The van der Waals surface area contributed by atoms with Crippen LogP contribution in [0.3, 0.4) is 0 Å². The Morgan fingerprint density at radius 2 is 1.68 bits per heavy atom. The number of rotatable bonds is 15. The van der Waals surface area contributed by atoms with Crippen molar-refractivity contribution >= 4 is 52.1 Å². The van der Waals surface area contributed by atoms with E-state index in [0.717, 1.165) is 95.1 Å². The van der Waals surface area contributed by atoms with E-state index in [2.05, 4.69) is 17.9 Å². The van der Waals surface area contributed by atoms with Gasteiger partial charge in [0.05, 0.1) is 4.91 Å². The van der Waals surface area contributed by atoms with Crippen molar-refractivity contribution in [2.75, 3.05) is 24.5 Å². The molecule has 10 heteroatoms. The van der Waals surface area contributed by atoms with E-state index in [-0.39, 0.29) is 23.5 Å². The zero-order valence-electron chi connectivity index (χ0n) is 24.7. The molecule has 1 aromatic rings. The number of pyridine rings is 1. The van der Waals surface area contributed by atoms with Gasteiger partial charge in [0.2, 0.25) is 0 Å². The SMILES string of the molecule is CCCn1c(N2CCC(C)CC2)c(C=C2SC(=S)N(CCCCCCCCCCC(=O)O)C2=O)c(C)c(C#N)c1=O. The van der Waals surface area contributed by atoms with Crippen LogP contribution >= 0.6 is 24.0 Å². The number of piperidine rings is 1. The number of thioether (sulfide) groups is 1. The van der Waals surface area contributed by atoms with Gasteiger partial charge in [0.25, 0.3) is 11.5 Å². The molecule has 224 valence electrons. The maximum Gasteiger partial charge on any atom is 0.303 e. The summed E-state index contributed by atoms with van der Waals surface area (Å²) in [6.45, 7) is 8.84. The first-order valence-electron chi connectivity index (χ1n) is 15.1. The first kappa shape index (κ1) is 32.9. The van der Waals surface area contributed by atoms with Gasteiger partial charge in [-0.1, -0.05) is 76.4 Å². The van der Waals surface area contributed by atoms with Crippen molar-refractivity contribution in [2.24, 2.45) is 5.92 Å². The Labute approximate surface area is 253 Å². The Hall–Kier alpha value is -2.64. The smallest absolute Gasteiger partial charge is 0.303 e. The van der Waals surface area contributed by atoms with Gasteiger partial charge >= 0.3 is 5.97 Å². The minimum absolute atomic E-state index is 0.109. The van der Waals surface area contributed by atoms with Crippen LogP contribution in [0.1, 0.15) is 108 Å². The number of carboxylic acid groups (broad SMARTS) is 1. The minimum Gasteiger partial charge on any atom is -0.481 e. The fourth-order valence-corrected chi connectivity index (χ4v) is 6.86. The van der Waals surface area contributed by atoms with E-state index < -0.39 is 5.97 Å². The lowest BCUT2D eigenvalue weighted by molar-refractivity contribution is -0.137. The number of unbranched alkanes of at least 4 members (excludes halogenated alkanes) is 7. The van der Waals surface area contributed by atoms with Gasteiger partial charge in [-0.25, -0.2) is 0 Å². The van der Waals surface area contributed by atoms with Crippen molar-refractivity contribution in [3.05, 3.63) is 31.9 Å². The van der Waals surface area contributed by atoms with Crippen molar-refractivity contribution in [1.29, 1.82) is 5.26 Å². The summed E-state index contributed by atoms with van der Waals surface area (Å²) in [7, 11) is 0. The molecule has 2 aliphatic heterocycles. The average Bonchev–Trinajstić information content (AvgIpc) is 3.20. The number of carboxylic acids is 1. The number of carbonyl (C=O) groups excluding carboxylic acids is 1. The van der Waals surface area contributed by atoms with E-state index in [0.29, 0.717) is 33.8 Å². The zero-order chi connectivity index (χ0) is 29.9. The van der Waals surface area contributed by atoms with Crippen LogP contribution < -0.4 is 10.5 Å². The number of amides is 1. The van der Waals surface area contributed by atoms with Crippen molar-refractivity contribution < 1.29 is 14.7 Å². The molecule has 1 N–H and O–H groups in total. The molecule has 0 unspecified atom stereocenters. The first-order chi connectivity index (χ1) is 19.7. The quantitative estimate of drug-likeness (QED) is 0.139. The highest BCUT2D eigenvalue weighted by atomic mass is 32.2. The van der Waals surface area contributed by atoms with Gasteiger partial charge < -0.3 is 10.0 Å². The molecule has 0 atom stereocenters. The summed E-state index contributed by atoms with van der Waals surface area (Å²) < 4.78 is 2.29. The lowest BCUT2D eigenvalue weighted by atomic mass is 9.97. The number of aromatic nitrogens is 1. The largest absolute Gasteiger partial charge is 0.481 e. The Morgan fingerprint density at radius 3 is 2.27 bits per heavy atom. The fourth-order valence-electron chi connectivity index (χ4n) is 5.57. The van der Waals surface area contributed by atoms with Crippen LogP contribution in [0.2, 0.25) is 0 Å². The third kappa shape index (κ3) is 8.68. The molecule has 2 aliphatic rings. The van der Waals surface area contributed by atoms with Gasteiger partial charge in [-0.05, 0) is 56.6 Å². The molecule has 3 heterocycles. The molecule has 0 bridgehead atoms. The van der Waals surface area contributed by atoms with Crippen molar-refractivity contribution in [1.82, 2.24) is 9.47 Å². The predicted molar refractivity (Wildman–Crippen MR) is 170 cm³/mol. The highest BCUT2D eigenvalue weighted by Crippen LogP contribution is 2.37. The molecule has 3 rings (SSSR count). The summed E-state index contributed by atoms with van der Waals surface area (Å²) in [5, 5.41) is 18.6.